The summed E-state index contributed by atoms with van der Waals surface area (Å²) in [7, 11) is 0. The fourth-order valence-corrected chi connectivity index (χ4v) is 2.55. The molecule has 158 valence electrons. The summed E-state index contributed by atoms with van der Waals surface area (Å²) in [5.41, 5.74) is 0.885. The summed E-state index contributed by atoms with van der Waals surface area (Å²) < 4.78 is 5.62. The molecule has 28 heavy (non-hydrogen) atoms. The highest BCUT2D eigenvalue weighted by Crippen LogP contribution is 2.23. The minimum Gasteiger partial charge on any atom is -0.490 e. The second-order valence-corrected chi connectivity index (χ2v) is 7.24. The van der Waals surface area contributed by atoms with E-state index in [9.17, 15) is 14.7 Å². The number of rotatable bonds is 13. The molecule has 0 radical (unpaired) electrons. The van der Waals surface area contributed by atoms with Gasteiger partial charge in [0.15, 0.2) is 5.78 Å². The van der Waals surface area contributed by atoms with Crippen molar-refractivity contribution in [3.05, 3.63) is 23.8 Å². The average molecular weight is 394 g/mol. The molecule has 0 fully saturated rings. The molecule has 0 aliphatic rings. The Bertz CT molecular complexity index is 620. The van der Waals surface area contributed by atoms with Gasteiger partial charge in [-0.3, -0.25) is 4.79 Å². The summed E-state index contributed by atoms with van der Waals surface area (Å²) in [6.07, 6.45) is 3.67. The quantitative estimate of drug-likeness (QED) is 0.304. The molecule has 0 bridgehead atoms. The number of aliphatic hydroxyl groups excluding tert-OH is 1. The lowest BCUT2D eigenvalue weighted by Gasteiger charge is -2.17. The highest BCUT2D eigenvalue weighted by Gasteiger charge is 2.13. The number of Topliss-reactive ketones (excluding diaryl/α,β-unsaturated/α-hetero) is 1. The van der Waals surface area contributed by atoms with Crippen molar-refractivity contribution in [2.45, 2.75) is 65.5 Å². The molecule has 0 aromatic heterocycles. The Labute approximate surface area is 168 Å². The SMILES string of the molecule is CCCCCCNC(=O)Nc1ccc(OCC(O)CNC(C)C)c(C(C)=O)c1. The summed E-state index contributed by atoms with van der Waals surface area (Å²) in [5, 5.41) is 18.6. The number of aliphatic hydroxyl groups is 1. The smallest absolute Gasteiger partial charge is 0.319 e. The molecule has 0 heterocycles. The Morgan fingerprint density at radius 1 is 1.18 bits per heavy atom. The molecule has 2 amide bonds. The molecular formula is C21H35N3O4. The van der Waals surface area contributed by atoms with Crippen LogP contribution in [0.3, 0.4) is 0 Å². The average Bonchev–Trinajstić information content (AvgIpc) is 2.64. The Morgan fingerprint density at radius 2 is 1.93 bits per heavy atom. The minimum atomic E-state index is -0.682. The maximum absolute atomic E-state index is 12.0. The van der Waals surface area contributed by atoms with E-state index in [4.69, 9.17) is 4.74 Å². The summed E-state index contributed by atoms with van der Waals surface area (Å²) in [4.78, 5) is 23.9. The van der Waals surface area contributed by atoms with Gasteiger partial charge in [-0.1, -0.05) is 40.0 Å². The van der Waals surface area contributed by atoms with Crippen molar-refractivity contribution in [3.63, 3.8) is 0 Å². The molecule has 4 N–H and O–H groups in total. The number of urea groups is 1. The zero-order valence-corrected chi connectivity index (χ0v) is 17.5. The van der Waals surface area contributed by atoms with Crippen LogP contribution in [0, 0.1) is 0 Å². The second kappa shape index (κ2) is 13.1. The van der Waals surface area contributed by atoms with Gasteiger partial charge in [-0.25, -0.2) is 4.79 Å². The van der Waals surface area contributed by atoms with Gasteiger partial charge in [0.2, 0.25) is 0 Å². The molecule has 0 saturated heterocycles. The first-order chi connectivity index (χ1) is 13.3. The van der Waals surface area contributed by atoms with E-state index in [1.165, 1.54) is 6.92 Å². The zero-order valence-electron chi connectivity index (χ0n) is 17.5. The number of hydrogen-bond donors (Lipinski definition) is 4. The third kappa shape index (κ3) is 9.71. The lowest BCUT2D eigenvalue weighted by molar-refractivity contribution is 0.0968. The van der Waals surface area contributed by atoms with E-state index in [0.717, 1.165) is 25.7 Å². The van der Waals surface area contributed by atoms with Gasteiger partial charge in [-0.15, -0.1) is 0 Å². The second-order valence-electron chi connectivity index (χ2n) is 7.24. The van der Waals surface area contributed by atoms with Crippen molar-refractivity contribution < 1.29 is 19.4 Å². The molecule has 7 heteroatoms. The molecule has 1 aromatic rings. The Morgan fingerprint density at radius 3 is 2.57 bits per heavy atom. The lowest BCUT2D eigenvalue weighted by Crippen LogP contribution is -2.35. The van der Waals surface area contributed by atoms with Crippen LogP contribution >= 0.6 is 0 Å². The normalized spacial score (nSPS) is 11.9. The number of unbranched alkanes of at least 4 members (excludes halogenated alkanes) is 3. The van der Waals surface area contributed by atoms with Gasteiger partial charge in [0.1, 0.15) is 18.5 Å². The first-order valence-corrected chi connectivity index (χ1v) is 10.1. The standard InChI is InChI=1S/C21H35N3O4/c1-5-6-7-8-11-22-21(27)24-17-9-10-20(19(12-17)16(4)25)28-14-18(26)13-23-15(2)3/h9-10,12,15,18,23,26H,5-8,11,13-14H2,1-4H3,(H2,22,24,27). The van der Waals surface area contributed by atoms with E-state index in [1.54, 1.807) is 18.2 Å². The van der Waals surface area contributed by atoms with Gasteiger partial charge in [-0.2, -0.15) is 0 Å². The minimum absolute atomic E-state index is 0.0744. The Balaban J connectivity index is 2.59. The highest BCUT2D eigenvalue weighted by atomic mass is 16.5. The fraction of sp³-hybridized carbons (Fsp3) is 0.619. The van der Waals surface area contributed by atoms with E-state index in [1.807, 2.05) is 13.8 Å². The molecule has 0 aliphatic carbocycles. The maximum Gasteiger partial charge on any atom is 0.319 e. The molecule has 0 aliphatic heterocycles. The third-order valence-corrected chi connectivity index (χ3v) is 4.13. The van der Waals surface area contributed by atoms with Gasteiger partial charge in [0.25, 0.3) is 0 Å². The molecule has 1 rings (SSSR count). The summed E-state index contributed by atoms with van der Waals surface area (Å²) >= 11 is 0. The van der Waals surface area contributed by atoms with Crippen molar-refractivity contribution in [1.29, 1.82) is 0 Å². The first kappa shape index (κ1) is 23.9. The van der Waals surface area contributed by atoms with E-state index in [-0.39, 0.29) is 24.5 Å². The van der Waals surface area contributed by atoms with Crippen LogP contribution in [0.25, 0.3) is 0 Å². The molecule has 7 nitrogen and oxygen atoms in total. The number of nitrogens with one attached hydrogen (secondary N) is 3. The first-order valence-electron chi connectivity index (χ1n) is 10.1. The number of ether oxygens (including phenoxy) is 1. The number of ketones is 1. The summed E-state index contributed by atoms with van der Waals surface area (Å²) in [5.74, 6) is 0.218. The number of hydrogen-bond acceptors (Lipinski definition) is 5. The summed E-state index contributed by atoms with van der Waals surface area (Å²) in [6, 6.07) is 4.88. The van der Waals surface area contributed by atoms with Crippen molar-refractivity contribution in [2.24, 2.45) is 0 Å². The van der Waals surface area contributed by atoms with Crippen LogP contribution < -0.4 is 20.7 Å². The summed E-state index contributed by atoms with van der Waals surface area (Å²) in [6.45, 7) is 8.67. The van der Waals surface area contributed by atoms with Crippen LogP contribution in [0.15, 0.2) is 18.2 Å². The molecule has 1 aromatic carbocycles. The van der Waals surface area contributed by atoms with Crippen LogP contribution in [0.2, 0.25) is 0 Å². The van der Waals surface area contributed by atoms with Gasteiger partial charge in [0, 0.05) is 24.8 Å². The van der Waals surface area contributed by atoms with Gasteiger partial charge in [0.05, 0.1) is 5.56 Å². The molecular weight excluding hydrogens is 358 g/mol. The largest absolute Gasteiger partial charge is 0.490 e. The molecule has 0 spiro atoms. The van der Waals surface area contributed by atoms with E-state index in [2.05, 4.69) is 22.9 Å². The number of anilines is 1. The van der Waals surface area contributed by atoms with Crippen molar-refractivity contribution in [1.82, 2.24) is 10.6 Å². The van der Waals surface area contributed by atoms with Crippen LogP contribution in [0.4, 0.5) is 10.5 Å². The maximum atomic E-state index is 12.0. The zero-order chi connectivity index (χ0) is 20.9. The van der Waals surface area contributed by atoms with Gasteiger partial charge < -0.3 is 25.8 Å². The Kier molecular flexibility index (Phi) is 11.2. The van der Waals surface area contributed by atoms with Gasteiger partial charge in [-0.05, 0) is 31.5 Å². The predicted molar refractivity (Wildman–Crippen MR) is 112 cm³/mol. The number of amides is 2. The third-order valence-electron chi connectivity index (χ3n) is 4.13. The van der Waals surface area contributed by atoms with Crippen molar-refractivity contribution >= 4 is 17.5 Å². The van der Waals surface area contributed by atoms with E-state index < -0.39 is 6.10 Å². The van der Waals surface area contributed by atoms with Crippen LogP contribution in [-0.2, 0) is 0 Å². The molecule has 1 atom stereocenters. The molecule has 0 saturated carbocycles. The number of benzene rings is 1. The van der Waals surface area contributed by atoms with Crippen molar-refractivity contribution in [3.8, 4) is 5.75 Å². The predicted octanol–water partition coefficient (Wildman–Crippen LogP) is 3.33. The monoisotopic (exact) mass is 393 g/mol. The topological polar surface area (TPSA) is 99.7 Å². The number of carbonyl (C=O) groups excluding carboxylic acids is 2. The van der Waals surface area contributed by atoms with Crippen LogP contribution in [-0.4, -0.2) is 48.8 Å². The molecule has 1 unspecified atom stereocenters. The lowest BCUT2D eigenvalue weighted by atomic mass is 10.1. The van der Waals surface area contributed by atoms with E-state index >= 15 is 0 Å². The highest BCUT2D eigenvalue weighted by molar-refractivity contribution is 5.99. The fourth-order valence-electron chi connectivity index (χ4n) is 2.55. The van der Waals surface area contributed by atoms with Crippen molar-refractivity contribution in [2.75, 3.05) is 25.0 Å². The van der Waals surface area contributed by atoms with Gasteiger partial charge >= 0.3 is 6.03 Å². The Hall–Kier alpha value is -2.12. The van der Waals surface area contributed by atoms with Crippen LogP contribution in [0.1, 0.15) is 63.7 Å². The van der Waals surface area contributed by atoms with E-state index in [0.29, 0.717) is 30.1 Å². The van der Waals surface area contributed by atoms with Crippen LogP contribution in [0.5, 0.6) is 5.75 Å². The number of carbonyl (C=O) groups is 2.